The summed E-state index contributed by atoms with van der Waals surface area (Å²) in [6, 6.07) is 77.1. The van der Waals surface area contributed by atoms with Gasteiger partial charge in [-0.2, -0.15) is 0 Å². The number of hydrogen-bond acceptors (Lipinski definition) is 3. The molecule has 3 aromatic heterocycles. The maximum absolute atomic E-state index is 4.83. The Hall–Kier alpha value is -7.36. The summed E-state index contributed by atoms with van der Waals surface area (Å²) in [6.45, 7) is 15.7. The van der Waals surface area contributed by atoms with Crippen molar-refractivity contribution in [3.63, 3.8) is 0 Å². The molecule has 3 heterocycles. The van der Waals surface area contributed by atoms with E-state index in [0.29, 0.717) is 0 Å². The van der Waals surface area contributed by atoms with E-state index in [4.69, 9.17) is 15.0 Å². The molecular formula is C72H66IrN3. The van der Waals surface area contributed by atoms with Crippen LogP contribution in [-0.4, -0.2) is 15.0 Å². The Morgan fingerprint density at radius 3 is 1.39 bits per heavy atom. The predicted molar refractivity (Wildman–Crippen MR) is 313 cm³/mol. The van der Waals surface area contributed by atoms with Crippen molar-refractivity contribution in [1.29, 1.82) is 0 Å². The zero-order chi connectivity index (χ0) is 51.9. The molecule has 0 unspecified atom stereocenters. The molecule has 0 radical (unpaired) electrons. The van der Waals surface area contributed by atoms with Crippen LogP contribution in [0.1, 0.15) is 80.5 Å². The van der Waals surface area contributed by atoms with Gasteiger partial charge in [-0.15, -0.1) is 94.5 Å². The van der Waals surface area contributed by atoms with E-state index >= 15 is 0 Å². The number of nitrogens with zero attached hydrogens (tertiary/aromatic N) is 3. The van der Waals surface area contributed by atoms with E-state index in [1.54, 1.807) is 0 Å². The standard InChI is InChI=1S/C72H66N3.Ir/c1-50-17-36-68(75-49-50)62-34-35-66(67(46-62)59-32-30-58(31-33-59)57-13-9-8-10-14-57)65-16-12-11-15-64(65)63-42-53(20-18-51-22-26-60(27-23-51)69-44-55(37-39-73-69)47-71(2,3)4)41-54(43-63)21-19-52-24-28-61(29-25-52)70-45-56(38-40-74-70)48-72(5,6)7;/h8-17,22-26,28,30-33,35-46,49H,18-21,47-48H2,1-7H3;/q-3;+3. The minimum absolute atomic E-state index is 0. The third kappa shape index (κ3) is 13.7. The van der Waals surface area contributed by atoms with Crippen molar-refractivity contribution >= 4 is 0 Å². The van der Waals surface area contributed by atoms with Crippen LogP contribution >= 0.6 is 0 Å². The quantitative estimate of drug-likeness (QED) is 0.0960. The van der Waals surface area contributed by atoms with Crippen molar-refractivity contribution in [1.82, 2.24) is 15.0 Å². The fourth-order valence-electron chi connectivity index (χ4n) is 10.2. The van der Waals surface area contributed by atoms with Crippen LogP contribution in [0.3, 0.4) is 0 Å². The Bertz CT molecular complexity index is 3400. The van der Waals surface area contributed by atoms with Gasteiger partial charge in [0, 0.05) is 18.6 Å². The molecule has 0 saturated carbocycles. The van der Waals surface area contributed by atoms with Crippen LogP contribution < -0.4 is 0 Å². The number of aromatic nitrogens is 3. The Morgan fingerprint density at radius 1 is 0.355 bits per heavy atom. The normalized spacial score (nSPS) is 11.6. The Labute approximate surface area is 466 Å². The van der Waals surface area contributed by atoms with Crippen LogP contribution in [0.4, 0.5) is 0 Å². The van der Waals surface area contributed by atoms with Crippen molar-refractivity contribution in [3.8, 4) is 78.3 Å². The molecule has 10 rings (SSSR count). The molecule has 0 atom stereocenters. The van der Waals surface area contributed by atoms with E-state index in [1.165, 1.54) is 55.6 Å². The van der Waals surface area contributed by atoms with E-state index in [-0.39, 0.29) is 30.9 Å². The van der Waals surface area contributed by atoms with E-state index < -0.39 is 0 Å². The zero-order valence-corrected chi connectivity index (χ0v) is 47.4. The van der Waals surface area contributed by atoms with E-state index in [0.717, 1.165) is 100 Å². The van der Waals surface area contributed by atoms with Crippen molar-refractivity contribution in [2.24, 2.45) is 10.8 Å². The topological polar surface area (TPSA) is 38.7 Å². The molecule has 0 fully saturated rings. The van der Waals surface area contributed by atoms with Gasteiger partial charge in [0.25, 0.3) is 0 Å². The Kier molecular flexibility index (Phi) is 16.7. The van der Waals surface area contributed by atoms with Gasteiger partial charge in [-0.1, -0.05) is 204 Å². The maximum atomic E-state index is 4.83. The molecule has 0 amide bonds. The van der Waals surface area contributed by atoms with E-state index in [2.05, 4.69) is 249 Å². The number of pyridine rings is 3. The first-order valence-corrected chi connectivity index (χ1v) is 26.5. The summed E-state index contributed by atoms with van der Waals surface area (Å²) in [5, 5.41) is 0. The smallest absolute Gasteiger partial charge is 0.305 e. The van der Waals surface area contributed by atoms with Gasteiger partial charge in [-0.3, -0.25) is 0 Å². The summed E-state index contributed by atoms with van der Waals surface area (Å²) in [5.41, 5.74) is 24.5. The van der Waals surface area contributed by atoms with Gasteiger partial charge >= 0.3 is 20.1 Å². The molecule has 0 spiro atoms. The zero-order valence-electron chi connectivity index (χ0n) is 45.0. The molecule has 0 bridgehead atoms. The van der Waals surface area contributed by atoms with Gasteiger partial charge in [0.15, 0.2) is 0 Å². The van der Waals surface area contributed by atoms with Gasteiger partial charge in [-0.05, 0) is 117 Å². The van der Waals surface area contributed by atoms with Crippen LogP contribution in [0.2, 0.25) is 0 Å². The minimum atomic E-state index is 0. The fourth-order valence-corrected chi connectivity index (χ4v) is 10.2. The van der Waals surface area contributed by atoms with Crippen LogP contribution in [0.15, 0.2) is 201 Å². The number of hydrogen-bond donors (Lipinski definition) is 0. The largest absolute Gasteiger partial charge is 3.00 e. The molecule has 0 N–H and O–H groups in total. The average molecular weight is 1170 g/mol. The molecule has 0 aliphatic rings. The first kappa shape index (κ1) is 53.5. The first-order valence-electron chi connectivity index (χ1n) is 26.5. The van der Waals surface area contributed by atoms with Crippen LogP contribution in [0, 0.1) is 36.0 Å². The average Bonchev–Trinajstić information content (AvgIpc) is 3.42. The summed E-state index contributed by atoms with van der Waals surface area (Å²) in [4.78, 5) is 14.3. The Morgan fingerprint density at radius 2 is 0.868 bits per heavy atom. The molecule has 10 aromatic rings. The van der Waals surface area contributed by atoms with Crippen LogP contribution in [-0.2, 0) is 58.6 Å². The van der Waals surface area contributed by atoms with Gasteiger partial charge in [0.1, 0.15) is 0 Å². The summed E-state index contributed by atoms with van der Waals surface area (Å²) < 4.78 is 0. The van der Waals surface area contributed by atoms with Gasteiger partial charge in [0.2, 0.25) is 0 Å². The molecule has 76 heavy (non-hydrogen) atoms. The molecule has 4 heteroatoms. The third-order valence-electron chi connectivity index (χ3n) is 13.9. The molecule has 0 aliphatic carbocycles. The summed E-state index contributed by atoms with van der Waals surface area (Å²) in [7, 11) is 0. The van der Waals surface area contributed by atoms with Crippen LogP contribution in [0.25, 0.3) is 78.3 Å². The summed E-state index contributed by atoms with van der Waals surface area (Å²) in [5.74, 6) is 0. The second-order valence-corrected chi connectivity index (χ2v) is 22.7. The number of rotatable bonds is 15. The van der Waals surface area contributed by atoms with E-state index in [9.17, 15) is 0 Å². The molecule has 0 saturated heterocycles. The second kappa shape index (κ2) is 23.7. The monoisotopic (exact) mass is 1170 g/mol. The third-order valence-corrected chi connectivity index (χ3v) is 13.9. The fraction of sp³-hybridized carbons (Fsp3) is 0.208. The SMILES string of the molecule is Cc1ccc(-c2[c-]cc(-c3ccccc3-c3cc(CCc4c[c-]c(-c5cc(CC(C)(C)C)ccn5)cc4)cc(CCc4c[c-]c(-c5cc(CC(C)(C)C)ccn5)cc4)c3)c(-c3ccc(-c4ccccc4)cc3)c2)nc1.[Ir+3]. The number of aryl methyl sites for hydroxylation is 5. The second-order valence-electron chi connectivity index (χ2n) is 22.7. The van der Waals surface area contributed by atoms with Crippen molar-refractivity contribution < 1.29 is 20.1 Å². The summed E-state index contributed by atoms with van der Waals surface area (Å²) in [6.07, 6.45) is 11.4. The van der Waals surface area contributed by atoms with Crippen molar-refractivity contribution in [2.45, 2.75) is 87.0 Å². The van der Waals surface area contributed by atoms with Gasteiger partial charge in [0.05, 0.1) is 0 Å². The van der Waals surface area contributed by atoms with Crippen molar-refractivity contribution in [2.75, 3.05) is 0 Å². The Balaban J connectivity index is 0.00000706. The maximum Gasteiger partial charge on any atom is 3.00 e. The molecule has 0 aliphatic heterocycles. The number of benzene rings is 7. The van der Waals surface area contributed by atoms with E-state index in [1.807, 2.05) is 18.6 Å². The predicted octanol–water partition coefficient (Wildman–Crippen LogP) is 18.0. The van der Waals surface area contributed by atoms with Gasteiger partial charge in [-0.25, -0.2) is 0 Å². The summed E-state index contributed by atoms with van der Waals surface area (Å²) >= 11 is 0. The molecule has 7 aromatic carbocycles. The minimum Gasteiger partial charge on any atom is -0.305 e. The van der Waals surface area contributed by atoms with Gasteiger partial charge < -0.3 is 15.0 Å². The van der Waals surface area contributed by atoms with Crippen LogP contribution in [0.5, 0.6) is 0 Å². The van der Waals surface area contributed by atoms with Crippen molar-refractivity contribution in [3.05, 3.63) is 258 Å². The molecule has 3 nitrogen and oxygen atoms in total. The molecule has 378 valence electrons. The molecular weight excluding hydrogens is 1100 g/mol. The first-order chi connectivity index (χ1) is 36.2.